The number of hydrogen-bond acceptors (Lipinski definition) is 2. The zero-order valence-electron chi connectivity index (χ0n) is 7.66. The van der Waals surface area contributed by atoms with Crippen LogP contribution >= 0.6 is 11.6 Å². The third-order valence-corrected chi connectivity index (χ3v) is 1.97. The first-order valence-electron chi connectivity index (χ1n) is 4.12. The Balaban J connectivity index is 2.60. The third kappa shape index (κ3) is 3.12. The maximum atomic E-state index is 8.64. The number of ether oxygens (including phenoxy) is 1. The van der Waals surface area contributed by atoms with Crippen LogP contribution in [0.4, 0.5) is 0 Å². The molecule has 0 atom stereocenters. The number of nitrogens with zero attached hydrogens (tertiary/aromatic N) is 1. The Hall–Kier alpha value is -1.46. The summed E-state index contributed by atoms with van der Waals surface area (Å²) in [7, 11) is 0. The van der Waals surface area contributed by atoms with Crippen molar-refractivity contribution in [3.63, 3.8) is 0 Å². The van der Waals surface area contributed by atoms with Crippen molar-refractivity contribution in [2.75, 3.05) is 12.5 Å². The summed E-state index contributed by atoms with van der Waals surface area (Å²) in [6, 6.07) is 9.02. The van der Waals surface area contributed by atoms with Crippen molar-refractivity contribution in [3.8, 4) is 11.8 Å². The van der Waals surface area contributed by atoms with Gasteiger partial charge in [-0.3, -0.25) is 0 Å². The van der Waals surface area contributed by atoms with Crippen LogP contribution < -0.4 is 4.74 Å². The summed E-state index contributed by atoms with van der Waals surface area (Å²) in [5, 5.41) is 8.64. The molecule has 14 heavy (non-hydrogen) atoms. The molecule has 0 spiro atoms. The summed E-state index contributed by atoms with van der Waals surface area (Å²) in [6.07, 6.45) is 0. The minimum atomic E-state index is 0.387. The van der Waals surface area contributed by atoms with E-state index in [0.29, 0.717) is 23.8 Å². The van der Waals surface area contributed by atoms with Gasteiger partial charge in [-0.25, -0.2) is 0 Å². The number of nitriles is 1. The molecular formula is C11H10ClNO. The molecule has 0 aliphatic heterocycles. The van der Waals surface area contributed by atoms with Gasteiger partial charge in [0.1, 0.15) is 12.4 Å². The van der Waals surface area contributed by atoms with Gasteiger partial charge in [-0.1, -0.05) is 12.6 Å². The van der Waals surface area contributed by atoms with E-state index < -0.39 is 0 Å². The molecule has 0 aliphatic rings. The molecule has 0 unspecified atom stereocenters. The molecule has 2 nitrogen and oxygen atoms in total. The third-order valence-electron chi connectivity index (χ3n) is 1.60. The average Bonchev–Trinajstić information content (AvgIpc) is 2.26. The lowest BCUT2D eigenvalue weighted by Crippen LogP contribution is -2.01. The molecule has 3 heteroatoms. The van der Waals surface area contributed by atoms with Gasteiger partial charge in [0.05, 0.1) is 11.6 Å². The van der Waals surface area contributed by atoms with Crippen LogP contribution in [0.3, 0.4) is 0 Å². The van der Waals surface area contributed by atoms with E-state index in [1.165, 1.54) is 0 Å². The van der Waals surface area contributed by atoms with Crippen molar-refractivity contribution in [1.82, 2.24) is 0 Å². The maximum Gasteiger partial charge on any atom is 0.121 e. The predicted molar refractivity (Wildman–Crippen MR) is 56.5 cm³/mol. The smallest absolute Gasteiger partial charge is 0.121 e. The largest absolute Gasteiger partial charge is 0.489 e. The topological polar surface area (TPSA) is 33.0 Å². The minimum Gasteiger partial charge on any atom is -0.489 e. The van der Waals surface area contributed by atoms with Crippen molar-refractivity contribution in [2.24, 2.45) is 0 Å². The fourth-order valence-corrected chi connectivity index (χ4v) is 0.957. The van der Waals surface area contributed by atoms with Crippen LogP contribution in [0.2, 0.25) is 0 Å². The summed E-state index contributed by atoms with van der Waals surface area (Å²) in [5.74, 6) is 1.05. The highest BCUT2D eigenvalue weighted by Crippen LogP contribution is 2.13. The van der Waals surface area contributed by atoms with Gasteiger partial charge in [0, 0.05) is 5.88 Å². The molecule has 72 valence electrons. The Bertz CT molecular complexity index is 368. The summed E-state index contributed by atoms with van der Waals surface area (Å²) in [5.41, 5.74) is 1.40. The molecule has 0 radical (unpaired) electrons. The van der Waals surface area contributed by atoms with Crippen molar-refractivity contribution in [3.05, 3.63) is 42.0 Å². The normalized spacial score (nSPS) is 9.14. The molecule has 1 rings (SSSR count). The number of hydrogen-bond donors (Lipinski definition) is 0. The van der Waals surface area contributed by atoms with E-state index in [1.54, 1.807) is 24.3 Å². The average molecular weight is 208 g/mol. The lowest BCUT2D eigenvalue weighted by atomic mass is 10.2. The predicted octanol–water partition coefficient (Wildman–Crippen LogP) is 2.73. The summed E-state index contributed by atoms with van der Waals surface area (Å²) in [4.78, 5) is 0. The fraction of sp³-hybridized carbons (Fsp3) is 0.182. The summed E-state index contributed by atoms with van der Waals surface area (Å²) >= 11 is 5.54. The van der Waals surface area contributed by atoms with Gasteiger partial charge in [0.2, 0.25) is 0 Å². The zero-order chi connectivity index (χ0) is 10.4. The van der Waals surface area contributed by atoms with Crippen LogP contribution in [0.5, 0.6) is 5.75 Å². The number of benzene rings is 1. The summed E-state index contributed by atoms with van der Waals surface area (Å²) < 4.78 is 5.37. The van der Waals surface area contributed by atoms with Crippen LogP contribution in [-0.4, -0.2) is 12.5 Å². The maximum absolute atomic E-state index is 8.64. The van der Waals surface area contributed by atoms with Crippen LogP contribution in [-0.2, 0) is 0 Å². The number of rotatable bonds is 4. The van der Waals surface area contributed by atoms with Gasteiger partial charge in [0.25, 0.3) is 0 Å². The first-order chi connectivity index (χ1) is 6.76. The van der Waals surface area contributed by atoms with E-state index in [-0.39, 0.29) is 0 Å². The Morgan fingerprint density at radius 3 is 3.00 bits per heavy atom. The molecule has 0 saturated carbocycles. The molecule has 0 fully saturated rings. The van der Waals surface area contributed by atoms with Gasteiger partial charge in [-0.15, -0.1) is 11.6 Å². The fourth-order valence-electron chi connectivity index (χ4n) is 0.879. The molecule has 0 saturated heterocycles. The SMILES string of the molecule is C=C(CCl)COc1cccc(C#N)c1. The molecular weight excluding hydrogens is 198 g/mol. The Kier molecular flexibility index (Phi) is 4.03. The van der Waals surface area contributed by atoms with E-state index in [0.717, 1.165) is 5.57 Å². The van der Waals surface area contributed by atoms with Crippen molar-refractivity contribution < 1.29 is 4.74 Å². The first-order valence-corrected chi connectivity index (χ1v) is 4.65. The van der Waals surface area contributed by atoms with E-state index >= 15 is 0 Å². The van der Waals surface area contributed by atoms with Gasteiger partial charge in [0.15, 0.2) is 0 Å². The summed E-state index contributed by atoms with van der Waals surface area (Å²) in [6.45, 7) is 4.10. The van der Waals surface area contributed by atoms with Crippen LogP contribution in [0.1, 0.15) is 5.56 Å². The highest BCUT2D eigenvalue weighted by atomic mass is 35.5. The molecule has 0 bridgehead atoms. The molecule has 0 heterocycles. The molecule has 1 aromatic carbocycles. The van der Waals surface area contributed by atoms with Crippen molar-refractivity contribution in [2.45, 2.75) is 0 Å². The van der Waals surface area contributed by atoms with Crippen LogP contribution in [0, 0.1) is 11.3 Å². The van der Waals surface area contributed by atoms with Crippen LogP contribution in [0.15, 0.2) is 36.4 Å². The van der Waals surface area contributed by atoms with Gasteiger partial charge in [-0.2, -0.15) is 5.26 Å². The standard InChI is InChI=1S/C11H10ClNO/c1-9(6-12)8-14-11-4-2-3-10(5-11)7-13/h2-5H,1,6,8H2. The van der Waals surface area contributed by atoms with Crippen LogP contribution in [0.25, 0.3) is 0 Å². The van der Waals surface area contributed by atoms with Gasteiger partial charge < -0.3 is 4.74 Å². The van der Waals surface area contributed by atoms with E-state index in [2.05, 4.69) is 6.58 Å². The van der Waals surface area contributed by atoms with Gasteiger partial charge in [-0.05, 0) is 23.8 Å². The lowest BCUT2D eigenvalue weighted by Gasteiger charge is -2.06. The van der Waals surface area contributed by atoms with E-state index in [4.69, 9.17) is 21.6 Å². The minimum absolute atomic E-state index is 0.387. The molecule has 0 amide bonds. The Morgan fingerprint density at radius 1 is 1.57 bits per heavy atom. The zero-order valence-corrected chi connectivity index (χ0v) is 8.42. The highest BCUT2D eigenvalue weighted by molar-refractivity contribution is 6.19. The second-order valence-corrected chi connectivity index (χ2v) is 3.08. The number of halogens is 1. The molecule has 0 aromatic heterocycles. The van der Waals surface area contributed by atoms with E-state index in [9.17, 15) is 0 Å². The quantitative estimate of drug-likeness (QED) is 0.562. The van der Waals surface area contributed by atoms with E-state index in [1.807, 2.05) is 6.07 Å². The van der Waals surface area contributed by atoms with Gasteiger partial charge >= 0.3 is 0 Å². The number of alkyl halides is 1. The van der Waals surface area contributed by atoms with Crippen molar-refractivity contribution >= 4 is 11.6 Å². The second-order valence-electron chi connectivity index (χ2n) is 2.81. The molecule has 1 aromatic rings. The first kappa shape index (κ1) is 10.6. The lowest BCUT2D eigenvalue weighted by molar-refractivity contribution is 0.353. The second kappa shape index (κ2) is 5.31. The highest BCUT2D eigenvalue weighted by Gasteiger charge is 1.97. The monoisotopic (exact) mass is 207 g/mol. The molecule has 0 N–H and O–H groups in total. The Labute approximate surface area is 88.4 Å². The van der Waals surface area contributed by atoms with Crippen molar-refractivity contribution in [1.29, 1.82) is 5.26 Å². The molecule has 0 aliphatic carbocycles. The Morgan fingerprint density at radius 2 is 2.36 bits per heavy atom.